The second-order valence-electron chi connectivity index (χ2n) is 6.29. The van der Waals surface area contributed by atoms with Gasteiger partial charge in [0.05, 0.1) is 17.2 Å². The smallest absolute Gasteiger partial charge is 0.222 e. The standard InChI is InChI=1S/C15H23N3OS/c1-10-16-14(9-20-10)8-18(2)15(19)7-11-5-12-3-4-13(6-11)17-12/h9,11-13,17H,3-8H2,1-2H3. The van der Waals surface area contributed by atoms with E-state index in [9.17, 15) is 4.79 Å². The number of hydrogen-bond donors (Lipinski definition) is 1. The van der Waals surface area contributed by atoms with Crippen LogP contribution in [0.25, 0.3) is 0 Å². The number of aromatic nitrogens is 1. The van der Waals surface area contributed by atoms with Crippen LogP contribution in [-0.2, 0) is 11.3 Å². The fourth-order valence-electron chi connectivity index (χ4n) is 3.56. The topological polar surface area (TPSA) is 45.2 Å². The van der Waals surface area contributed by atoms with Crippen molar-refractivity contribution in [2.45, 2.75) is 57.7 Å². The molecular weight excluding hydrogens is 270 g/mol. The second kappa shape index (κ2) is 5.82. The summed E-state index contributed by atoms with van der Waals surface area (Å²) in [6.45, 7) is 2.64. The van der Waals surface area contributed by atoms with Crippen molar-refractivity contribution in [2.24, 2.45) is 5.92 Å². The van der Waals surface area contributed by atoms with Crippen molar-refractivity contribution < 1.29 is 4.79 Å². The van der Waals surface area contributed by atoms with Crippen LogP contribution in [0.3, 0.4) is 0 Å². The SMILES string of the molecule is Cc1nc(CN(C)C(=O)CC2CC3CCC(C2)N3)cs1. The van der Waals surface area contributed by atoms with E-state index in [2.05, 4.69) is 10.3 Å². The Morgan fingerprint density at radius 2 is 2.15 bits per heavy atom. The molecule has 1 aromatic rings. The molecular formula is C15H23N3OS. The molecule has 2 fully saturated rings. The summed E-state index contributed by atoms with van der Waals surface area (Å²) in [5.41, 5.74) is 1.01. The molecule has 0 radical (unpaired) electrons. The average Bonchev–Trinajstić information content (AvgIpc) is 2.95. The molecule has 2 aliphatic rings. The molecule has 3 rings (SSSR count). The lowest BCUT2D eigenvalue weighted by Crippen LogP contribution is -2.39. The summed E-state index contributed by atoms with van der Waals surface area (Å²) in [6.07, 6.45) is 5.64. The molecule has 1 N–H and O–H groups in total. The van der Waals surface area contributed by atoms with Crippen LogP contribution in [0.15, 0.2) is 5.38 Å². The van der Waals surface area contributed by atoms with Gasteiger partial charge in [-0.1, -0.05) is 0 Å². The van der Waals surface area contributed by atoms with Gasteiger partial charge < -0.3 is 10.2 Å². The van der Waals surface area contributed by atoms with Crippen molar-refractivity contribution in [3.05, 3.63) is 16.1 Å². The van der Waals surface area contributed by atoms with Gasteiger partial charge in [0.1, 0.15) is 0 Å². The number of amides is 1. The molecule has 0 aliphatic carbocycles. The van der Waals surface area contributed by atoms with E-state index in [4.69, 9.17) is 0 Å². The van der Waals surface area contributed by atoms with Gasteiger partial charge in [-0.3, -0.25) is 4.79 Å². The van der Waals surface area contributed by atoms with E-state index in [0.717, 1.165) is 10.7 Å². The van der Waals surface area contributed by atoms with Gasteiger partial charge in [0.15, 0.2) is 0 Å². The highest BCUT2D eigenvalue weighted by Gasteiger charge is 2.34. The van der Waals surface area contributed by atoms with Crippen LogP contribution in [0.1, 0.15) is 42.8 Å². The van der Waals surface area contributed by atoms with Gasteiger partial charge in [0.2, 0.25) is 5.91 Å². The lowest BCUT2D eigenvalue weighted by molar-refractivity contribution is -0.131. The van der Waals surface area contributed by atoms with Crippen LogP contribution in [0.4, 0.5) is 0 Å². The number of nitrogens with zero attached hydrogens (tertiary/aromatic N) is 2. The van der Waals surface area contributed by atoms with Crippen molar-refractivity contribution in [3.8, 4) is 0 Å². The fourth-order valence-corrected chi connectivity index (χ4v) is 4.16. The zero-order valence-electron chi connectivity index (χ0n) is 12.3. The van der Waals surface area contributed by atoms with Crippen molar-refractivity contribution in [1.82, 2.24) is 15.2 Å². The largest absolute Gasteiger partial charge is 0.340 e. The van der Waals surface area contributed by atoms with Crippen LogP contribution in [0, 0.1) is 12.8 Å². The minimum absolute atomic E-state index is 0.266. The van der Waals surface area contributed by atoms with Gasteiger partial charge in [-0.25, -0.2) is 4.98 Å². The first kappa shape index (κ1) is 14.0. The van der Waals surface area contributed by atoms with Crippen LogP contribution < -0.4 is 5.32 Å². The first-order valence-electron chi connectivity index (χ1n) is 7.51. The Kier molecular flexibility index (Phi) is 4.08. The highest BCUT2D eigenvalue weighted by Crippen LogP contribution is 2.32. The first-order valence-corrected chi connectivity index (χ1v) is 8.39. The maximum atomic E-state index is 12.3. The third kappa shape index (κ3) is 3.20. The van der Waals surface area contributed by atoms with Crippen LogP contribution in [0.2, 0.25) is 0 Å². The van der Waals surface area contributed by atoms with Crippen molar-refractivity contribution in [1.29, 1.82) is 0 Å². The molecule has 0 aromatic carbocycles. The fraction of sp³-hybridized carbons (Fsp3) is 0.733. The first-order chi connectivity index (χ1) is 9.60. The van der Waals surface area contributed by atoms with Gasteiger partial charge in [0, 0.05) is 30.9 Å². The van der Waals surface area contributed by atoms with Crippen molar-refractivity contribution in [3.63, 3.8) is 0 Å². The van der Waals surface area contributed by atoms with Crippen LogP contribution in [-0.4, -0.2) is 34.9 Å². The molecule has 1 aromatic heterocycles. The number of aryl methyl sites for hydroxylation is 1. The molecule has 110 valence electrons. The molecule has 2 aliphatic heterocycles. The average molecular weight is 293 g/mol. The predicted octanol–water partition coefficient (Wildman–Crippen LogP) is 2.33. The molecule has 2 bridgehead atoms. The summed E-state index contributed by atoms with van der Waals surface area (Å²) in [4.78, 5) is 18.6. The zero-order chi connectivity index (χ0) is 14.1. The number of fused-ring (bicyclic) bond motifs is 2. The van der Waals surface area contributed by atoms with Crippen LogP contribution >= 0.6 is 11.3 Å². The Morgan fingerprint density at radius 3 is 2.75 bits per heavy atom. The maximum Gasteiger partial charge on any atom is 0.222 e. The van der Waals surface area contributed by atoms with E-state index < -0.39 is 0 Å². The van der Waals surface area contributed by atoms with E-state index >= 15 is 0 Å². The molecule has 3 heterocycles. The summed E-state index contributed by atoms with van der Waals surface area (Å²) in [5.74, 6) is 0.836. The van der Waals surface area contributed by atoms with Gasteiger partial charge in [-0.2, -0.15) is 0 Å². The molecule has 20 heavy (non-hydrogen) atoms. The van der Waals surface area contributed by atoms with Gasteiger partial charge >= 0.3 is 0 Å². The third-order valence-corrected chi connectivity index (χ3v) is 5.35. The quantitative estimate of drug-likeness (QED) is 0.926. The summed E-state index contributed by atoms with van der Waals surface area (Å²) in [6, 6.07) is 1.33. The predicted molar refractivity (Wildman–Crippen MR) is 80.6 cm³/mol. The molecule has 0 saturated carbocycles. The van der Waals surface area contributed by atoms with E-state index in [0.29, 0.717) is 31.0 Å². The number of carbonyl (C=O) groups is 1. The minimum Gasteiger partial charge on any atom is -0.340 e. The highest BCUT2D eigenvalue weighted by molar-refractivity contribution is 7.09. The molecule has 1 amide bonds. The number of carbonyl (C=O) groups excluding carboxylic acids is 1. The summed E-state index contributed by atoms with van der Waals surface area (Å²) in [5, 5.41) is 6.74. The number of rotatable bonds is 4. The Hall–Kier alpha value is -0.940. The number of thiazole rings is 1. The molecule has 2 unspecified atom stereocenters. The summed E-state index contributed by atoms with van der Waals surface area (Å²) >= 11 is 1.65. The van der Waals surface area contributed by atoms with Gasteiger partial charge in [0.25, 0.3) is 0 Å². The molecule has 2 saturated heterocycles. The molecule has 4 nitrogen and oxygen atoms in total. The minimum atomic E-state index is 0.266. The Bertz CT molecular complexity index is 475. The Balaban J connectivity index is 1.51. The number of hydrogen-bond acceptors (Lipinski definition) is 4. The highest BCUT2D eigenvalue weighted by atomic mass is 32.1. The van der Waals surface area contributed by atoms with Crippen molar-refractivity contribution in [2.75, 3.05) is 7.05 Å². The lowest BCUT2D eigenvalue weighted by atomic mass is 9.89. The van der Waals surface area contributed by atoms with Crippen molar-refractivity contribution >= 4 is 17.2 Å². The summed E-state index contributed by atoms with van der Waals surface area (Å²) < 4.78 is 0. The van der Waals surface area contributed by atoms with E-state index in [1.54, 1.807) is 11.3 Å². The van der Waals surface area contributed by atoms with E-state index in [1.807, 2.05) is 24.3 Å². The monoisotopic (exact) mass is 293 g/mol. The van der Waals surface area contributed by atoms with Gasteiger partial charge in [-0.15, -0.1) is 11.3 Å². The Labute approximate surface area is 124 Å². The zero-order valence-corrected chi connectivity index (χ0v) is 13.1. The number of nitrogens with one attached hydrogen (secondary N) is 1. The van der Waals surface area contributed by atoms with E-state index in [1.165, 1.54) is 25.7 Å². The normalized spacial score (nSPS) is 28.6. The van der Waals surface area contributed by atoms with E-state index in [-0.39, 0.29) is 5.91 Å². The lowest BCUT2D eigenvalue weighted by Gasteiger charge is -2.29. The Morgan fingerprint density at radius 1 is 1.45 bits per heavy atom. The number of piperidine rings is 1. The molecule has 5 heteroatoms. The molecule has 2 atom stereocenters. The van der Waals surface area contributed by atoms with Crippen LogP contribution in [0.5, 0.6) is 0 Å². The van der Waals surface area contributed by atoms with Gasteiger partial charge in [-0.05, 0) is 38.5 Å². The maximum absolute atomic E-state index is 12.3. The second-order valence-corrected chi connectivity index (χ2v) is 7.35. The summed E-state index contributed by atoms with van der Waals surface area (Å²) in [7, 11) is 1.90. The third-order valence-electron chi connectivity index (χ3n) is 4.53. The molecule has 0 spiro atoms.